The van der Waals surface area contributed by atoms with E-state index in [1.54, 1.807) is 25.5 Å². The average Bonchev–Trinajstić information content (AvgIpc) is 2.48. The van der Waals surface area contributed by atoms with Crippen LogP contribution in [0.5, 0.6) is 5.75 Å². The van der Waals surface area contributed by atoms with Crippen molar-refractivity contribution in [3.8, 4) is 5.75 Å². The summed E-state index contributed by atoms with van der Waals surface area (Å²) >= 11 is 3.38. The van der Waals surface area contributed by atoms with Gasteiger partial charge in [-0.1, -0.05) is 22.0 Å². The fourth-order valence-corrected chi connectivity index (χ4v) is 2.08. The molecule has 0 amide bonds. The lowest BCUT2D eigenvalue weighted by atomic mass is 10.2. The van der Waals surface area contributed by atoms with E-state index < -0.39 is 5.97 Å². The van der Waals surface area contributed by atoms with Gasteiger partial charge in [0.1, 0.15) is 5.75 Å². The minimum atomic E-state index is -0.976. The molecule has 0 aliphatic carbocycles. The molecule has 21 heavy (non-hydrogen) atoms. The van der Waals surface area contributed by atoms with Gasteiger partial charge in [-0.3, -0.25) is 5.43 Å². The number of nitrogens with zero attached hydrogens (tertiary/aromatic N) is 1. The Hall–Kier alpha value is -2.34. The molecule has 2 N–H and O–H groups in total. The molecule has 108 valence electrons. The molecular weight excluding hydrogens is 336 g/mol. The van der Waals surface area contributed by atoms with Gasteiger partial charge in [0.05, 0.1) is 24.6 Å². The van der Waals surface area contributed by atoms with Crippen LogP contribution in [0.4, 0.5) is 5.69 Å². The summed E-state index contributed by atoms with van der Waals surface area (Å²) in [6.45, 7) is 0. The number of methoxy groups -OCH3 is 1. The highest BCUT2D eigenvalue weighted by molar-refractivity contribution is 9.10. The first-order valence-electron chi connectivity index (χ1n) is 6.06. The maximum atomic E-state index is 10.9. The van der Waals surface area contributed by atoms with Gasteiger partial charge < -0.3 is 9.84 Å². The Morgan fingerprint density at radius 2 is 2.14 bits per heavy atom. The van der Waals surface area contributed by atoms with Crippen molar-refractivity contribution in [2.75, 3.05) is 12.5 Å². The van der Waals surface area contributed by atoms with Gasteiger partial charge in [-0.2, -0.15) is 5.10 Å². The lowest BCUT2D eigenvalue weighted by Gasteiger charge is -2.05. The molecule has 2 aromatic rings. The highest BCUT2D eigenvalue weighted by Gasteiger charge is 2.03. The van der Waals surface area contributed by atoms with E-state index in [1.165, 1.54) is 12.1 Å². The van der Waals surface area contributed by atoms with Crippen LogP contribution in [0.25, 0.3) is 0 Å². The van der Waals surface area contributed by atoms with Gasteiger partial charge in [-0.15, -0.1) is 0 Å². The summed E-state index contributed by atoms with van der Waals surface area (Å²) in [5.41, 5.74) is 4.40. The Morgan fingerprint density at radius 1 is 1.33 bits per heavy atom. The van der Waals surface area contributed by atoms with Crippen molar-refractivity contribution >= 4 is 33.8 Å². The van der Waals surface area contributed by atoms with E-state index in [2.05, 4.69) is 26.5 Å². The number of benzene rings is 2. The lowest BCUT2D eigenvalue weighted by molar-refractivity contribution is 0.0697. The highest BCUT2D eigenvalue weighted by atomic mass is 79.9. The van der Waals surface area contributed by atoms with Crippen LogP contribution in [0, 0.1) is 0 Å². The Morgan fingerprint density at radius 3 is 2.86 bits per heavy atom. The monoisotopic (exact) mass is 348 g/mol. The molecule has 0 radical (unpaired) electrons. The molecular formula is C15H13BrN2O3. The Kier molecular flexibility index (Phi) is 4.94. The SMILES string of the molecule is COc1ccc(Br)cc1/C=N/Nc1cccc(C(=O)O)c1. The smallest absolute Gasteiger partial charge is 0.335 e. The second-order valence-electron chi connectivity index (χ2n) is 4.14. The van der Waals surface area contributed by atoms with Gasteiger partial charge in [0.15, 0.2) is 0 Å². The zero-order chi connectivity index (χ0) is 15.2. The summed E-state index contributed by atoms with van der Waals surface area (Å²) in [5, 5.41) is 13.0. The van der Waals surface area contributed by atoms with E-state index in [1.807, 2.05) is 18.2 Å². The van der Waals surface area contributed by atoms with E-state index in [0.717, 1.165) is 10.0 Å². The average molecular weight is 349 g/mol. The predicted octanol–water partition coefficient (Wildman–Crippen LogP) is 3.60. The molecule has 6 heteroatoms. The number of aromatic carboxylic acids is 1. The highest BCUT2D eigenvalue weighted by Crippen LogP contribution is 2.21. The van der Waals surface area contributed by atoms with E-state index in [9.17, 15) is 4.79 Å². The summed E-state index contributed by atoms with van der Waals surface area (Å²) in [7, 11) is 1.59. The quantitative estimate of drug-likeness (QED) is 0.639. The number of carbonyl (C=O) groups is 1. The second-order valence-corrected chi connectivity index (χ2v) is 5.06. The van der Waals surface area contributed by atoms with E-state index in [0.29, 0.717) is 11.4 Å². The molecule has 0 atom stereocenters. The lowest BCUT2D eigenvalue weighted by Crippen LogP contribution is -1.98. The Labute approximate surface area is 130 Å². The number of halogens is 1. The van der Waals surface area contributed by atoms with Crippen molar-refractivity contribution in [1.29, 1.82) is 0 Å². The fourth-order valence-electron chi connectivity index (χ4n) is 1.70. The van der Waals surface area contributed by atoms with Crippen LogP contribution in [-0.2, 0) is 0 Å². The molecule has 0 saturated heterocycles. The third kappa shape index (κ3) is 4.06. The standard InChI is InChI=1S/C15H13BrN2O3/c1-21-14-6-5-12(16)7-11(14)9-17-18-13-4-2-3-10(8-13)15(19)20/h2-9,18H,1H3,(H,19,20)/b17-9+. The molecule has 0 fully saturated rings. The number of nitrogens with one attached hydrogen (secondary N) is 1. The summed E-state index contributed by atoms with van der Waals surface area (Å²) in [6, 6.07) is 12.0. The molecule has 0 heterocycles. The van der Waals surface area contributed by atoms with Crippen LogP contribution >= 0.6 is 15.9 Å². The van der Waals surface area contributed by atoms with Crippen molar-refractivity contribution in [3.05, 3.63) is 58.1 Å². The topological polar surface area (TPSA) is 70.9 Å². The number of carboxylic acid groups (broad SMARTS) is 1. The van der Waals surface area contributed by atoms with Crippen molar-refractivity contribution < 1.29 is 14.6 Å². The third-order valence-electron chi connectivity index (χ3n) is 2.70. The summed E-state index contributed by atoms with van der Waals surface area (Å²) in [6.07, 6.45) is 1.61. The molecule has 5 nitrogen and oxygen atoms in total. The van der Waals surface area contributed by atoms with Gasteiger partial charge in [0.25, 0.3) is 0 Å². The Balaban J connectivity index is 2.14. The van der Waals surface area contributed by atoms with Crippen LogP contribution < -0.4 is 10.2 Å². The molecule has 0 aromatic heterocycles. The number of ether oxygens (including phenoxy) is 1. The van der Waals surface area contributed by atoms with Gasteiger partial charge in [-0.25, -0.2) is 4.79 Å². The van der Waals surface area contributed by atoms with Gasteiger partial charge >= 0.3 is 5.97 Å². The number of carboxylic acids is 1. The van der Waals surface area contributed by atoms with Crippen molar-refractivity contribution in [1.82, 2.24) is 0 Å². The first-order chi connectivity index (χ1) is 10.1. The minimum Gasteiger partial charge on any atom is -0.496 e. The maximum Gasteiger partial charge on any atom is 0.335 e. The van der Waals surface area contributed by atoms with Crippen LogP contribution in [0.1, 0.15) is 15.9 Å². The summed E-state index contributed by atoms with van der Waals surface area (Å²) in [5.74, 6) is -0.278. The van der Waals surface area contributed by atoms with Crippen LogP contribution in [0.15, 0.2) is 52.0 Å². The normalized spacial score (nSPS) is 10.6. The first-order valence-corrected chi connectivity index (χ1v) is 6.85. The van der Waals surface area contributed by atoms with Gasteiger partial charge in [-0.05, 0) is 36.4 Å². The van der Waals surface area contributed by atoms with Gasteiger partial charge in [0.2, 0.25) is 0 Å². The fraction of sp³-hybridized carbons (Fsp3) is 0.0667. The van der Waals surface area contributed by atoms with E-state index in [-0.39, 0.29) is 5.56 Å². The molecule has 0 spiro atoms. The van der Waals surface area contributed by atoms with Crippen LogP contribution in [-0.4, -0.2) is 24.4 Å². The van der Waals surface area contributed by atoms with Gasteiger partial charge in [0, 0.05) is 10.0 Å². The van der Waals surface area contributed by atoms with Crippen molar-refractivity contribution in [2.24, 2.45) is 5.10 Å². The van der Waals surface area contributed by atoms with Crippen molar-refractivity contribution in [2.45, 2.75) is 0 Å². The number of hydrogen-bond donors (Lipinski definition) is 2. The zero-order valence-corrected chi connectivity index (χ0v) is 12.8. The summed E-state index contributed by atoms with van der Waals surface area (Å²) in [4.78, 5) is 10.9. The first kappa shape index (κ1) is 15.1. The number of hydrazone groups is 1. The predicted molar refractivity (Wildman–Crippen MR) is 85.3 cm³/mol. The number of anilines is 1. The third-order valence-corrected chi connectivity index (χ3v) is 3.19. The number of rotatable bonds is 5. The molecule has 0 bridgehead atoms. The molecule has 0 aliphatic heterocycles. The van der Waals surface area contributed by atoms with Crippen LogP contribution in [0.3, 0.4) is 0 Å². The molecule has 0 aliphatic rings. The molecule has 0 saturated carbocycles. The van der Waals surface area contributed by atoms with E-state index in [4.69, 9.17) is 9.84 Å². The van der Waals surface area contributed by atoms with E-state index >= 15 is 0 Å². The summed E-state index contributed by atoms with van der Waals surface area (Å²) < 4.78 is 6.15. The zero-order valence-electron chi connectivity index (χ0n) is 11.2. The second kappa shape index (κ2) is 6.90. The largest absolute Gasteiger partial charge is 0.496 e. The maximum absolute atomic E-state index is 10.9. The molecule has 2 rings (SSSR count). The van der Waals surface area contributed by atoms with Crippen LogP contribution in [0.2, 0.25) is 0 Å². The Bertz CT molecular complexity index is 686. The number of hydrogen-bond acceptors (Lipinski definition) is 4. The molecule has 0 unspecified atom stereocenters. The van der Waals surface area contributed by atoms with Crippen molar-refractivity contribution in [3.63, 3.8) is 0 Å². The molecule has 2 aromatic carbocycles. The minimum absolute atomic E-state index is 0.204.